The Morgan fingerprint density at radius 2 is 2.05 bits per heavy atom. The van der Waals surface area contributed by atoms with Crippen LogP contribution in [0.3, 0.4) is 0 Å². The van der Waals surface area contributed by atoms with Crippen LogP contribution in [0.4, 0.5) is 0 Å². The number of nitrogens with zero attached hydrogens (tertiary/aromatic N) is 1. The molecule has 3 unspecified atom stereocenters. The molecule has 2 fully saturated rings. The number of hydrogen-bond acceptors (Lipinski definition) is 3. The number of nitrogens with one attached hydrogen (secondary N) is 1. The van der Waals surface area contributed by atoms with Gasteiger partial charge in [-0.2, -0.15) is 0 Å². The van der Waals surface area contributed by atoms with Gasteiger partial charge in [-0.25, -0.2) is 0 Å². The van der Waals surface area contributed by atoms with Crippen molar-refractivity contribution in [3.8, 4) is 0 Å². The first-order chi connectivity index (χ1) is 9.49. The molecule has 5 nitrogen and oxygen atoms in total. The van der Waals surface area contributed by atoms with Crippen molar-refractivity contribution in [1.29, 1.82) is 0 Å². The smallest absolute Gasteiger partial charge is 0.246 e. The molecule has 3 atom stereocenters. The quantitative estimate of drug-likeness (QED) is 0.915. The Bertz CT molecular complexity index is 547. The summed E-state index contributed by atoms with van der Waals surface area (Å²) in [7, 11) is 0. The van der Waals surface area contributed by atoms with Gasteiger partial charge >= 0.3 is 0 Å². The molecular formula is C15H20N2O3. The Balaban J connectivity index is 1.88. The predicted molar refractivity (Wildman–Crippen MR) is 72.8 cm³/mol. The van der Waals surface area contributed by atoms with Crippen LogP contribution in [-0.4, -0.2) is 28.8 Å². The third kappa shape index (κ3) is 2.11. The molecule has 1 aliphatic heterocycles. The average Bonchev–Trinajstić information content (AvgIpc) is 3.15. The van der Waals surface area contributed by atoms with Crippen LogP contribution in [0.15, 0.2) is 16.5 Å². The van der Waals surface area contributed by atoms with Crippen LogP contribution in [0.25, 0.3) is 0 Å². The molecule has 0 spiro atoms. The second-order valence-corrected chi connectivity index (χ2v) is 5.87. The monoisotopic (exact) mass is 276 g/mol. The first-order valence-corrected chi connectivity index (χ1v) is 7.18. The van der Waals surface area contributed by atoms with E-state index in [9.17, 15) is 9.59 Å². The van der Waals surface area contributed by atoms with Crippen molar-refractivity contribution in [3.63, 3.8) is 0 Å². The van der Waals surface area contributed by atoms with Gasteiger partial charge in [0.25, 0.3) is 0 Å². The highest BCUT2D eigenvalue weighted by Crippen LogP contribution is 2.37. The summed E-state index contributed by atoms with van der Waals surface area (Å²) in [5, 5.41) is 2.86. The zero-order valence-corrected chi connectivity index (χ0v) is 12.1. The van der Waals surface area contributed by atoms with Crippen molar-refractivity contribution in [2.75, 3.05) is 0 Å². The lowest BCUT2D eigenvalue weighted by Crippen LogP contribution is -2.63. The van der Waals surface area contributed by atoms with E-state index in [1.165, 1.54) is 0 Å². The molecule has 1 saturated carbocycles. The predicted octanol–water partition coefficient (Wildman–Crippen LogP) is 1.77. The summed E-state index contributed by atoms with van der Waals surface area (Å²) >= 11 is 0. The van der Waals surface area contributed by atoms with Crippen molar-refractivity contribution in [2.45, 2.75) is 51.7 Å². The highest BCUT2D eigenvalue weighted by atomic mass is 16.3. The van der Waals surface area contributed by atoms with Gasteiger partial charge in [0.1, 0.15) is 23.6 Å². The third-order valence-corrected chi connectivity index (χ3v) is 4.30. The number of amides is 2. The maximum Gasteiger partial charge on any atom is 0.246 e. The zero-order chi connectivity index (χ0) is 14.4. The topological polar surface area (TPSA) is 62.6 Å². The molecule has 108 valence electrons. The lowest BCUT2D eigenvalue weighted by molar-refractivity contribution is -0.152. The normalized spacial score (nSPS) is 28.4. The molecule has 2 aliphatic rings. The Morgan fingerprint density at radius 3 is 2.60 bits per heavy atom. The van der Waals surface area contributed by atoms with Crippen molar-refractivity contribution in [3.05, 3.63) is 23.7 Å². The van der Waals surface area contributed by atoms with E-state index in [1.54, 1.807) is 11.8 Å². The molecule has 3 rings (SSSR count). The molecule has 0 aromatic carbocycles. The fraction of sp³-hybridized carbons (Fsp3) is 0.600. The molecule has 1 aliphatic carbocycles. The highest BCUT2D eigenvalue weighted by molar-refractivity contribution is 5.97. The minimum absolute atomic E-state index is 0.0150. The van der Waals surface area contributed by atoms with Crippen LogP contribution in [0, 0.1) is 12.8 Å². The van der Waals surface area contributed by atoms with E-state index in [4.69, 9.17) is 4.42 Å². The first kappa shape index (κ1) is 13.2. The summed E-state index contributed by atoms with van der Waals surface area (Å²) in [6.45, 7) is 5.55. The minimum Gasteiger partial charge on any atom is -0.464 e. The van der Waals surface area contributed by atoms with Gasteiger partial charge in [0.05, 0.1) is 6.04 Å². The van der Waals surface area contributed by atoms with E-state index < -0.39 is 6.04 Å². The van der Waals surface area contributed by atoms with E-state index >= 15 is 0 Å². The van der Waals surface area contributed by atoms with E-state index in [0.717, 1.165) is 24.4 Å². The Labute approximate surface area is 118 Å². The van der Waals surface area contributed by atoms with Gasteiger partial charge in [0.15, 0.2) is 0 Å². The summed E-state index contributed by atoms with van der Waals surface area (Å²) in [6.07, 6.45) is 2.04. The number of carbonyl (C=O) groups excluding carboxylic acids is 2. The van der Waals surface area contributed by atoms with Gasteiger partial charge in [-0.05, 0) is 51.7 Å². The molecular weight excluding hydrogens is 256 g/mol. The van der Waals surface area contributed by atoms with Crippen LogP contribution in [0.1, 0.15) is 44.3 Å². The molecule has 2 amide bonds. The van der Waals surface area contributed by atoms with Crippen LogP contribution >= 0.6 is 0 Å². The molecule has 1 aromatic rings. The summed E-state index contributed by atoms with van der Waals surface area (Å²) in [5.41, 5.74) is 0. The molecule has 1 aromatic heterocycles. The van der Waals surface area contributed by atoms with Crippen LogP contribution in [0.5, 0.6) is 0 Å². The van der Waals surface area contributed by atoms with Crippen LogP contribution in [-0.2, 0) is 9.59 Å². The van der Waals surface area contributed by atoms with Crippen molar-refractivity contribution < 1.29 is 14.0 Å². The number of hydrogen-bond donors (Lipinski definition) is 1. The third-order valence-electron chi connectivity index (χ3n) is 4.30. The molecule has 0 radical (unpaired) electrons. The second-order valence-electron chi connectivity index (χ2n) is 5.87. The molecule has 1 saturated heterocycles. The SMILES string of the molecule is Cc1ccc(C(C)N2C(=O)C(C3CC3)NC(=O)C2C)o1. The average molecular weight is 276 g/mol. The Hall–Kier alpha value is -1.78. The molecule has 5 heteroatoms. The van der Waals surface area contributed by atoms with E-state index in [0.29, 0.717) is 5.92 Å². The first-order valence-electron chi connectivity index (χ1n) is 7.18. The number of rotatable bonds is 3. The van der Waals surface area contributed by atoms with Gasteiger partial charge in [0.2, 0.25) is 11.8 Å². The lowest BCUT2D eigenvalue weighted by Gasteiger charge is -2.40. The Kier molecular flexibility index (Phi) is 3.07. The van der Waals surface area contributed by atoms with Crippen LogP contribution in [0.2, 0.25) is 0 Å². The van der Waals surface area contributed by atoms with E-state index in [1.807, 2.05) is 26.0 Å². The van der Waals surface area contributed by atoms with Gasteiger partial charge in [-0.15, -0.1) is 0 Å². The fourth-order valence-corrected chi connectivity index (χ4v) is 2.90. The number of carbonyl (C=O) groups is 2. The van der Waals surface area contributed by atoms with Crippen LogP contribution < -0.4 is 5.32 Å². The molecule has 20 heavy (non-hydrogen) atoms. The number of furan rings is 1. The van der Waals surface area contributed by atoms with Crippen molar-refractivity contribution >= 4 is 11.8 Å². The van der Waals surface area contributed by atoms with Gasteiger partial charge in [0, 0.05) is 0 Å². The summed E-state index contributed by atoms with van der Waals surface area (Å²) in [5.74, 6) is 1.80. The van der Waals surface area contributed by atoms with E-state index in [2.05, 4.69) is 5.32 Å². The highest BCUT2D eigenvalue weighted by Gasteiger charge is 2.47. The lowest BCUT2D eigenvalue weighted by atomic mass is 10.0. The zero-order valence-electron chi connectivity index (χ0n) is 12.1. The summed E-state index contributed by atoms with van der Waals surface area (Å²) < 4.78 is 5.62. The van der Waals surface area contributed by atoms with Crippen molar-refractivity contribution in [2.24, 2.45) is 5.92 Å². The number of piperazine rings is 1. The molecule has 1 N–H and O–H groups in total. The van der Waals surface area contributed by atoms with Gasteiger partial charge in [-0.1, -0.05) is 0 Å². The fourth-order valence-electron chi connectivity index (χ4n) is 2.90. The second kappa shape index (κ2) is 4.65. The minimum atomic E-state index is -0.460. The Morgan fingerprint density at radius 1 is 1.35 bits per heavy atom. The van der Waals surface area contributed by atoms with Crippen molar-refractivity contribution in [1.82, 2.24) is 10.2 Å². The molecule has 0 bridgehead atoms. The molecule has 2 heterocycles. The van der Waals surface area contributed by atoms with Gasteiger partial charge in [-0.3, -0.25) is 9.59 Å². The number of aryl methyl sites for hydroxylation is 1. The van der Waals surface area contributed by atoms with Gasteiger partial charge < -0.3 is 14.6 Å². The summed E-state index contributed by atoms with van der Waals surface area (Å²) in [4.78, 5) is 26.4. The maximum absolute atomic E-state index is 12.7. The van der Waals surface area contributed by atoms with E-state index in [-0.39, 0.29) is 23.9 Å². The standard InChI is InChI=1S/C15H20N2O3/c1-8-4-7-12(20-8)9(2)17-10(3)14(18)16-13(15(17)19)11-5-6-11/h4,7,9-11,13H,5-6H2,1-3H3,(H,16,18). The largest absolute Gasteiger partial charge is 0.464 e. The summed E-state index contributed by atoms with van der Waals surface area (Å²) in [6, 6.07) is 2.72. The maximum atomic E-state index is 12.7.